The van der Waals surface area contributed by atoms with Gasteiger partial charge in [-0.15, -0.1) is 0 Å². The Balaban J connectivity index is 1.53. The lowest BCUT2D eigenvalue weighted by Gasteiger charge is -2.34. The molecule has 24 heavy (non-hydrogen) atoms. The Morgan fingerprint density at radius 2 is 1.62 bits per heavy atom. The average molecular weight is 436 g/mol. The Hall–Kier alpha value is -1.60. The third kappa shape index (κ3) is 4.27. The zero-order chi connectivity index (χ0) is 16.9. The Bertz CT molecular complexity index is 678. The molecule has 0 bridgehead atoms. The van der Waals surface area contributed by atoms with E-state index in [-0.39, 0.29) is 5.91 Å². The van der Waals surface area contributed by atoms with Crippen LogP contribution in [0, 0.1) is 3.57 Å². The van der Waals surface area contributed by atoms with E-state index >= 15 is 0 Å². The van der Waals surface area contributed by atoms with Gasteiger partial charge in [-0.1, -0.05) is 12.1 Å². The Kier molecular flexibility index (Phi) is 5.73. The van der Waals surface area contributed by atoms with E-state index in [1.54, 1.807) is 7.11 Å². The maximum Gasteiger partial charge on any atom is 0.253 e. The van der Waals surface area contributed by atoms with E-state index in [1.807, 2.05) is 41.3 Å². The van der Waals surface area contributed by atoms with Gasteiger partial charge in [-0.3, -0.25) is 9.69 Å². The van der Waals surface area contributed by atoms with Gasteiger partial charge < -0.3 is 9.64 Å². The Morgan fingerprint density at radius 3 is 2.21 bits per heavy atom. The molecule has 0 aliphatic carbocycles. The molecule has 1 fully saturated rings. The number of piperazine rings is 1. The summed E-state index contributed by atoms with van der Waals surface area (Å²) in [7, 11) is 1.68. The van der Waals surface area contributed by atoms with Crippen molar-refractivity contribution < 1.29 is 9.53 Å². The zero-order valence-electron chi connectivity index (χ0n) is 13.7. The first-order valence-corrected chi connectivity index (χ1v) is 9.14. The van der Waals surface area contributed by atoms with Crippen molar-refractivity contribution in [1.29, 1.82) is 0 Å². The molecule has 2 aromatic carbocycles. The van der Waals surface area contributed by atoms with Crippen molar-refractivity contribution in [3.05, 3.63) is 63.2 Å². The second-order valence-corrected chi connectivity index (χ2v) is 7.17. The monoisotopic (exact) mass is 436 g/mol. The quantitative estimate of drug-likeness (QED) is 0.690. The molecule has 0 aromatic heterocycles. The maximum atomic E-state index is 12.5. The van der Waals surface area contributed by atoms with E-state index < -0.39 is 0 Å². The molecule has 4 nitrogen and oxygen atoms in total. The highest BCUT2D eigenvalue weighted by atomic mass is 127. The second kappa shape index (κ2) is 7.98. The number of ether oxygens (including phenoxy) is 1. The number of carbonyl (C=O) groups is 1. The van der Waals surface area contributed by atoms with Crippen LogP contribution in [0.3, 0.4) is 0 Å². The summed E-state index contributed by atoms with van der Waals surface area (Å²) in [6.45, 7) is 4.28. The molecule has 126 valence electrons. The van der Waals surface area contributed by atoms with Crippen LogP contribution in [0.5, 0.6) is 5.75 Å². The minimum Gasteiger partial charge on any atom is -0.497 e. The molecule has 0 N–H and O–H groups in total. The summed E-state index contributed by atoms with van der Waals surface area (Å²) < 4.78 is 6.34. The van der Waals surface area contributed by atoms with E-state index in [1.165, 1.54) is 5.56 Å². The largest absolute Gasteiger partial charge is 0.497 e. The minimum atomic E-state index is 0.135. The predicted octanol–water partition coefficient (Wildman–Crippen LogP) is 3.26. The van der Waals surface area contributed by atoms with Gasteiger partial charge in [0.15, 0.2) is 0 Å². The summed E-state index contributed by atoms with van der Waals surface area (Å²) in [5.41, 5.74) is 2.05. The summed E-state index contributed by atoms with van der Waals surface area (Å²) in [5, 5.41) is 0. The Labute approximate surface area is 156 Å². The lowest BCUT2D eigenvalue weighted by Crippen LogP contribution is -2.48. The molecule has 2 aromatic rings. The molecule has 0 unspecified atom stereocenters. The van der Waals surface area contributed by atoms with E-state index in [0.717, 1.165) is 47.6 Å². The standard InChI is InChI=1S/C19H21IN2O2/c1-24-18-8-2-15(3-9-18)14-21-10-12-22(13-11-21)19(23)16-4-6-17(20)7-5-16/h2-9H,10-14H2,1H3. The van der Waals surface area contributed by atoms with Gasteiger partial charge in [0.25, 0.3) is 5.91 Å². The van der Waals surface area contributed by atoms with Gasteiger partial charge in [-0.2, -0.15) is 0 Å². The summed E-state index contributed by atoms with van der Waals surface area (Å²) in [6.07, 6.45) is 0. The van der Waals surface area contributed by atoms with E-state index in [0.29, 0.717) is 0 Å². The van der Waals surface area contributed by atoms with Crippen molar-refractivity contribution in [3.8, 4) is 5.75 Å². The first-order valence-electron chi connectivity index (χ1n) is 8.06. The number of nitrogens with zero attached hydrogens (tertiary/aromatic N) is 2. The van der Waals surface area contributed by atoms with Gasteiger partial charge in [0.05, 0.1) is 7.11 Å². The van der Waals surface area contributed by atoms with Gasteiger partial charge in [0.2, 0.25) is 0 Å². The van der Waals surface area contributed by atoms with Crippen molar-refractivity contribution in [2.45, 2.75) is 6.54 Å². The summed E-state index contributed by atoms with van der Waals surface area (Å²) in [5.74, 6) is 1.02. The van der Waals surface area contributed by atoms with Crippen LogP contribution in [0.15, 0.2) is 48.5 Å². The number of rotatable bonds is 4. The van der Waals surface area contributed by atoms with Gasteiger partial charge in [0.1, 0.15) is 5.75 Å². The van der Waals surface area contributed by atoms with Crippen molar-refractivity contribution in [1.82, 2.24) is 9.80 Å². The first kappa shape index (κ1) is 17.2. The van der Waals surface area contributed by atoms with Gasteiger partial charge in [0, 0.05) is 41.9 Å². The highest BCUT2D eigenvalue weighted by molar-refractivity contribution is 14.1. The molecule has 5 heteroatoms. The first-order chi connectivity index (χ1) is 11.7. The number of hydrogen-bond acceptors (Lipinski definition) is 3. The number of hydrogen-bond donors (Lipinski definition) is 0. The number of amides is 1. The molecule has 1 heterocycles. The number of carbonyl (C=O) groups excluding carboxylic acids is 1. The third-order valence-electron chi connectivity index (χ3n) is 4.32. The van der Waals surface area contributed by atoms with E-state index in [9.17, 15) is 4.79 Å². The highest BCUT2D eigenvalue weighted by Gasteiger charge is 2.22. The predicted molar refractivity (Wildman–Crippen MR) is 103 cm³/mol. The fraction of sp³-hybridized carbons (Fsp3) is 0.316. The van der Waals surface area contributed by atoms with Crippen molar-refractivity contribution in [3.63, 3.8) is 0 Å². The maximum absolute atomic E-state index is 12.5. The molecule has 0 spiro atoms. The zero-order valence-corrected chi connectivity index (χ0v) is 15.9. The van der Waals surface area contributed by atoms with Crippen LogP contribution >= 0.6 is 22.6 Å². The smallest absolute Gasteiger partial charge is 0.253 e. The van der Waals surface area contributed by atoms with Gasteiger partial charge >= 0.3 is 0 Å². The molecule has 0 radical (unpaired) electrons. The molecule has 0 saturated carbocycles. The molecule has 1 amide bonds. The van der Waals surface area contributed by atoms with Crippen LogP contribution in [0.2, 0.25) is 0 Å². The molecule has 1 aliphatic heterocycles. The lowest BCUT2D eigenvalue weighted by molar-refractivity contribution is 0.0628. The van der Waals surface area contributed by atoms with Crippen molar-refractivity contribution in [2.75, 3.05) is 33.3 Å². The Morgan fingerprint density at radius 1 is 1.00 bits per heavy atom. The van der Waals surface area contributed by atoms with Crippen LogP contribution in [-0.2, 0) is 6.54 Å². The van der Waals surface area contributed by atoms with Crippen LogP contribution < -0.4 is 4.74 Å². The number of methoxy groups -OCH3 is 1. The molecule has 1 aliphatic rings. The number of halogens is 1. The van der Waals surface area contributed by atoms with Crippen LogP contribution in [-0.4, -0.2) is 49.0 Å². The molecule has 0 atom stereocenters. The van der Waals surface area contributed by atoms with E-state index in [4.69, 9.17) is 4.74 Å². The van der Waals surface area contributed by atoms with Crippen molar-refractivity contribution >= 4 is 28.5 Å². The topological polar surface area (TPSA) is 32.8 Å². The normalized spacial score (nSPS) is 15.3. The fourth-order valence-electron chi connectivity index (χ4n) is 2.87. The average Bonchev–Trinajstić information content (AvgIpc) is 2.63. The summed E-state index contributed by atoms with van der Waals surface area (Å²) in [4.78, 5) is 16.9. The van der Waals surface area contributed by atoms with Crippen LogP contribution in [0.1, 0.15) is 15.9 Å². The molecular weight excluding hydrogens is 415 g/mol. The van der Waals surface area contributed by atoms with Gasteiger partial charge in [-0.05, 0) is 64.6 Å². The lowest BCUT2D eigenvalue weighted by atomic mass is 10.1. The highest BCUT2D eigenvalue weighted by Crippen LogP contribution is 2.15. The van der Waals surface area contributed by atoms with Gasteiger partial charge in [-0.25, -0.2) is 0 Å². The fourth-order valence-corrected chi connectivity index (χ4v) is 3.23. The molecule has 1 saturated heterocycles. The molecular formula is C19H21IN2O2. The third-order valence-corrected chi connectivity index (χ3v) is 5.04. The number of benzene rings is 2. The summed E-state index contributed by atoms with van der Waals surface area (Å²) >= 11 is 2.25. The second-order valence-electron chi connectivity index (χ2n) is 5.92. The van der Waals surface area contributed by atoms with Crippen molar-refractivity contribution in [2.24, 2.45) is 0 Å². The van der Waals surface area contributed by atoms with Crippen LogP contribution in [0.25, 0.3) is 0 Å². The van der Waals surface area contributed by atoms with E-state index in [2.05, 4.69) is 39.6 Å². The SMILES string of the molecule is COc1ccc(CN2CCN(C(=O)c3ccc(I)cc3)CC2)cc1. The summed E-state index contributed by atoms with van der Waals surface area (Å²) in [6, 6.07) is 16.0. The minimum absolute atomic E-state index is 0.135. The van der Waals surface area contributed by atoms with Crippen LogP contribution in [0.4, 0.5) is 0 Å². The molecule has 3 rings (SSSR count).